The number of carboxylic acid groups (broad SMARTS) is 1. The predicted octanol–water partition coefficient (Wildman–Crippen LogP) is 3.84. The molecule has 0 radical (unpaired) electrons. The molecule has 0 saturated heterocycles. The highest BCUT2D eigenvalue weighted by Gasteiger charge is 2.71. The van der Waals surface area contributed by atoms with Crippen LogP contribution < -0.4 is 0 Å². The summed E-state index contributed by atoms with van der Waals surface area (Å²) in [5.41, 5.74) is -1.81. The Bertz CT molecular complexity index is 680. The third kappa shape index (κ3) is 2.80. The Morgan fingerprint density at radius 2 is 1.77 bits per heavy atom. The van der Waals surface area contributed by atoms with E-state index < -0.39 is 35.1 Å². The maximum Gasteiger partial charge on any atom is 0.310 e. The van der Waals surface area contributed by atoms with E-state index in [4.69, 9.17) is 0 Å². The van der Waals surface area contributed by atoms with E-state index >= 15 is 0 Å². The Morgan fingerprint density at radius 3 is 2.40 bits per heavy atom. The van der Waals surface area contributed by atoms with Crippen molar-refractivity contribution in [2.45, 2.75) is 104 Å². The van der Waals surface area contributed by atoms with E-state index in [1.54, 1.807) is 0 Å². The van der Waals surface area contributed by atoms with E-state index in [1.807, 2.05) is 0 Å². The van der Waals surface area contributed by atoms with Crippen molar-refractivity contribution in [2.75, 3.05) is 0 Å². The fourth-order valence-corrected chi connectivity index (χ4v) is 9.28. The van der Waals surface area contributed by atoms with Gasteiger partial charge >= 0.3 is 5.97 Å². The van der Waals surface area contributed by atoms with Crippen LogP contribution in [-0.2, 0) is 4.79 Å². The molecule has 4 fully saturated rings. The van der Waals surface area contributed by atoms with Gasteiger partial charge in [0, 0.05) is 0 Å². The number of rotatable bonds is 4. The second kappa shape index (κ2) is 7.45. The standard InChI is InChI=1S/C25H42O5/c1-5-6-14(2)16-7-8-17-21-18(11-20(28)24(16,17)4)23(3)10-9-15(26)12-25(23,22(29)30)13-19(21)27/h14-21,26-28H,5-13H2,1-4H3,(H,29,30)/t14-,15-,16-,17+,18+,19-,20?,21+,23-,24-,25?/m1/s1. The number of carboxylic acids is 1. The van der Waals surface area contributed by atoms with Crippen LogP contribution in [0, 0.1) is 45.8 Å². The fraction of sp³-hybridized carbons (Fsp3) is 0.960. The first-order chi connectivity index (χ1) is 14.0. The van der Waals surface area contributed by atoms with Crippen LogP contribution in [0.4, 0.5) is 0 Å². The first-order valence-electron chi connectivity index (χ1n) is 12.3. The first-order valence-corrected chi connectivity index (χ1v) is 12.3. The Balaban J connectivity index is 1.74. The predicted molar refractivity (Wildman–Crippen MR) is 115 cm³/mol. The number of aliphatic hydroxyl groups excluding tert-OH is 3. The van der Waals surface area contributed by atoms with Gasteiger partial charge in [-0.3, -0.25) is 4.79 Å². The summed E-state index contributed by atoms with van der Waals surface area (Å²) in [6.07, 6.45) is 4.93. The van der Waals surface area contributed by atoms with Crippen molar-refractivity contribution in [3.8, 4) is 0 Å². The van der Waals surface area contributed by atoms with E-state index in [-0.39, 0.29) is 36.0 Å². The van der Waals surface area contributed by atoms with Crippen LogP contribution in [0.1, 0.15) is 85.5 Å². The maximum absolute atomic E-state index is 12.6. The van der Waals surface area contributed by atoms with Gasteiger partial charge < -0.3 is 20.4 Å². The minimum absolute atomic E-state index is 0.0156. The molecule has 2 unspecified atom stereocenters. The smallest absolute Gasteiger partial charge is 0.310 e. The topological polar surface area (TPSA) is 98.0 Å². The molecule has 4 N–H and O–H groups in total. The molecule has 172 valence electrons. The molecule has 0 aliphatic heterocycles. The van der Waals surface area contributed by atoms with Crippen LogP contribution in [0.25, 0.3) is 0 Å². The summed E-state index contributed by atoms with van der Waals surface area (Å²) in [5.74, 6) is 0.391. The average Bonchev–Trinajstić information content (AvgIpc) is 3.02. The third-order valence-electron chi connectivity index (χ3n) is 10.8. The van der Waals surface area contributed by atoms with Crippen molar-refractivity contribution >= 4 is 5.97 Å². The van der Waals surface area contributed by atoms with Crippen molar-refractivity contribution in [1.82, 2.24) is 0 Å². The van der Waals surface area contributed by atoms with Gasteiger partial charge in [0.2, 0.25) is 0 Å². The third-order valence-corrected chi connectivity index (χ3v) is 10.8. The van der Waals surface area contributed by atoms with Crippen LogP contribution in [0.15, 0.2) is 0 Å². The summed E-state index contributed by atoms with van der Waals surface area (Å²) in [6, 6.07) is 0. The van der Waals surface area contributed by atoms with Gasteiger partial charge in [-0.1, -0.05) is 40.5 Å². The lowest BCUT2D eigenvalue weighted by Gasteiger charge is -2.66. The second-order valence-electron chi connectivity index (χ2n) is 11.8. The number of hydrogen-bond donors (Lipinski definition) is 4. The van der Waals surface area contributed by atoms with Crippen LogP contribution in [0.3, 0.4) is 0 Å². The summed E-state index contributed by atoms with van der Waals surface area (Å²) in [7, 11) is 0. The van der Waals surface area contributed by atoms with Crippen LogP contribution in [0.2, 0.25) is 0 Å². The van der Waals surface area contributed by atoms with E-state index in [9.17, 15) is 25.2 Å². The number of carbonyl (C=O) groups is 1. The lowest BCUT2D eigenvalue weighted by molar-refractivity contribution is -0.242. The highest BCUT2D eigenvalue weighted by Crippen LogP contribution is 2.71. The molecule has 0 amide bonds. The molecule has 0 heterocycles. The minimum atomic E-state index is -1.10. The Kier molecular flexibility index (Phi) is 5.60. The summed E-state index contributed by atoms with van der Waals surface area (Å²) < 4.78 is 0. The van der Waals surface area contributed by atoms with Gasteiger partial charge in [0.15, 0.2) is 0 Å². The van der Waals surface area contributed by atoms with Gasteiger partial charge in [0.25, 0.3) is 0 Å². The molecule has 4 aliphatic rings. The number of hydrogen-bond acceptors (Lipinski definition) is 4. The molecule has 11 atom stereocenters. The molecule has 0 aromatic heterocycles. The molecule has 4 saturated carbocycles. The molecule has 4 aliphatic carbocycles. The van der Waals surface area contributed by atoms with Gasteiger partial charge in [0.1, 0.15) is 0 Å². The number of aliphatic carboxylic acids is 1. The van der Waals surface area contributed by atoms with Gasteiger partial charge in [-0.15, -0.1) is 0 Å². The quantitative estimate of drug-likeness (QED) is 0.552. The summed E-state index contributed by atoms with van der Waals surface area (Å²) in [4.78, 5) is 12.6. The highest BCUT2D eigenvalue weighted by molar-refractivity contribution is 5.76. The van der Waals surface area contributed by atoms with Crippen molar-refractivity contribution in [2.24, 2.45) is 45.8 Å². The van der Waals surface area contributed by atoms with Crippen LogP contribution >= 0.6 is 0 Å². The van der Waals surface area contributed by atoms with Crippen LogP contribution in [-0.4, -0.2) is 44.7 Å². The van der Waals surface area contributed by atoms with Crippen molar-refractivity contribution in [1.29, 1.82) is 0 Å². The largest absolute Gasteiger partial charge is 0.481 e. The van der Waals surface area contributed by atoms with Crippen molar-refractivity contribution < 1.29 is 25.2 Å². The molecule has 0 aromatic rings. The summed E-state index contributed by atoms with van der Waals surface area (Å²) in [5, 5.41) is 43.6. The first kappa shape index (κ1) is 22.5. The lowest BCUT2D eigenvalue weighted by atomic mass is 9.38. The summed E-state index contributed by atoms with van der Waals surface area (Å²) >= 11 is 0. The number of fused-ring (bicyclic) bond motifs is 5. The Hall–Kier alpha value is -0.650. The van der Waals surface area contributed by atoms with Gasteiger partial charge in [-0.2, -0.15) is 0 Å². The zero-order chi connectivity index (χ0) is 22.1. The molecular formula is C25H42O5. The summed E-state index contributed by atoms with van der Waals surface area (Å²) in [6.45, 7) is 8.86. The molecule has 0 spiro atoms. The molecule has 30 heavy (non-hydrogen) atoms. The van der Waals surface area contributed by atoms with Crippen molar-refractivity contribution in [3.05, 3.63) is 0 Å². The van der Waals surface area contributed by atoms with Crippen molar-refractivity contribution in [3.63, 3.8) is 0 Å². The van der Waals surface area contributed by atoms with E-state index in [0.29, 0.717) is 31.1 Å². The maximum atomic E-state index is 12.6. The molecule has 4 rings (SSSR count). The normalized spacial score (nSPS) is 54.0. The molecule has 5 nitrogen and oxygen atoms in total. The monoisotopic (exact) mass is 422 g/mol. The van der Waals surface area contributed by atoms with Gasteiger partial charge in [-0.25, -0.2) is 0 Å². The van der Waals surface area contributed by atoms with Gasteiger partial charge in [0.05, 0.1) is 23.7 Å². The Labute approximate surface area is 181 Å². The number of aliphatic hydroxyl groups is 3. The zero-order valence-corrected chi connectivity index (χ0v) is 19.2. The zero-order valence-electron chi connectivity index (χ0n) is 19.2. The molecule has 0 aromatic carbocycles. The van der Waals surface area contributed by atoms with E-state index in [0.717, 1.165) is 25.7 Å². The molecule has 0 bridgehead atoms. The van der Waals surface area contributed by atoms with Gasteiger partial charge in [-0.05, 0) is 85.4 Å². The Morgan fingerprint density at radius 1 is 1.07 bits per heavy atom. The molecule has 5 heteroatoms. The fourth-order valence-electron chi connectivity index (χ4n) is 9.28. The second-order valence-corrected chi connectivity index (χ2v) is 11.8. The highest BCUT2D eigenvalue weighted by atomic mass is 16.4. The average molecular weight is 423 g/mol. The molecular weight excluding hydrogens is 380 g/mol. The lowest BCUT2D eigenvalue weighted by Crippen LogP contribution is -2.67. The SMILES string of the molecule is CCC[C@@H](C)[C@H]1CC[C@H]2[C@@H]3[C@H](O)CC4(C(=O)O)C[C@H](O)CC[C@]4(C)[C@H]3CC(O)[C@]12C. The van der Waals surface area contributed by atoms with E-state index in [1.165, 1.54) is 0 Å². The van der Waals surface area contributed by atoms with E-state index in [2.05, 4.69) is 27.7 Å². The van der Waals surface area contributed by atoms with Crippen LogP contribution in [0.5, 0.6) is 0 Å². The minimum Gasteiger partial charge on any atom is -0.481 e.